The highest BCUT2D eigenvalue weighted by molar-refractivity contribution is 7.92. The molecule has 1 N–H and O–H groups in total. The van der Waals surface area contributed by atoms with Crippen LogP contribution in [0.25, 0.3) is 10.2 Å². The van der Waals surface area contributed by atoms with Gasteiger partial charge in [0.1, 0.15) is 0 Å². The number of nitrogens with one attached hydrogen (secondary N) is 1. The third-order valence-electron chi connectivity index (χ3n) is 4.71. The molecule has 1 heterocycles. The molecule has 0 fully saturated rings. The summed E-state index contributed by atoms with van der Waals surface area (Å²) >= 11 is 7.25. The number of rotatable bonds is 5. The van der Waals surface area contributed by atoms with Gasteiger partial charge in [-0.2, -0.15) is 0 Å². The van der Waals surface area contributed by atoms with E-state index in [0.717, 1.165) is 28.0 Å². The van der Waals surface area contributed by atoms with Crippen LogP contribution in [0, 0.1) is 13.8 Å². The fraction of sp³-hybridized carbons (Fsp3) is 0.136. The molecule has 1 aromatic heterocycles. The maximum Gasteiger partial charge on any atom is 0.308 e. The van der Waals surface area contributed by atoms with Crippen LogP contribution in [0.5, 0.6) is 0 Å². The number of hydrogen-bond donors (Lipinski definition) is 1. The molecule has 0 aliphatic heterocycles. The first-order valence-corrected chi connectivity index (χ1v) is 11.9. The van der Waals surface area contributed by atoms with E-state index < -0.39 is 10.0 Å². The summed E-state index contributed by atoms with van der Waals surface area (Å²) in [5.41, 5.74) is 3.96. The van der Waals surface area contributed by atoms with Crippen molar-refractivity contribution >= 4 is 48.9 Å². The van der Waals surface area contributed by atoms with Gasteiger partial charge in [-0.1, -0.05) is 47.2 Å². The Bertz CT molecular complexity index is 1400. The number of aryl methyl sites for hydroxylation is 2. The summed E-state index contributed by atoms with van der Waals surface area (Å²) in [6.45, 7) is 4.15. The van der Waals surface area contributed by atoms with E-state index in [9.17, 15) is 13.2 Å². The normalized spacial score (nSPS) is 11.7. The topological polar surface area (TPSA) is 68.2 Å². The van der Waals surface area contributed by atoms with Gasteiger partial charge < -0.3 is 0 Å². The second-order valence-electron chi connectivity index (χ2n) is 7.16. The molecule has 0 spiro atoms. The highest BCUT2D eigenvalue weighted by atomic mass is 35.5. The Morgan fingerprint density at radius 2 is 1.70 bits per heavy atom. The molecule has 30 heavy (non-hydrogen) atoms. The van der Waals surface area contributed by atoms with Gasteiger partial charge in [-0.05, 0) is 66.9 Å². The minimum Gasteiger partial charge on any atom is -0.294 e. The van der Waals surface area contributed by atoms with Gasteiger partial charge in [0.15, 0.2) is 0 Å². The zero-order chi connectivity index (χ0) is 21.5. The van der Waals surface area contributed by atoms with E-state index in [4.69, 9.17) is 11.6 Å². The summed E-state index contributed by atoms with van der Waals surface area (Å²) in [4.78, 5) is 12.5. The summed E-state index contributed by atoms with van der Waals surface area (Å²) in [6.07, 6.45) is 0. The van der Waals surface area contributed by atoms with Crippen LogP contribution >= 0.6 is 22.9 Å². The number of sulfonamides is 1. The van der Waals surface area contributed by atoms with Crippen molar-refractivity contribution in [2.45, 2.75) is 25.3 Å². The van der Waals surface area contributed by atoms with Crippen molar-refractivity contribution in [3.63, 3.8) is 0 Å². The lowest BCUT2D eigenvalue weighted by atomic mass is 10.1. The quantitative estimate of drug-likeness (QED) is 0.448. The molecule has 0 aliphatic carbocycles. The number of halogens is 1. The van der Waals surface area contributed by atoms with Gasteiger partial charge in [0.25, 0.3) is 10.0 Å². The lowest BCUT2D eigenvalue weighted by Gasteiger charge is -2.10. The van der Waals surface area contributed by atoms with Crippen molar-refractivity contribution in [3.8, 4) is 0 Å². The molecule has 0 saturated carbocycles. The highest BCUT2D eigenvalue weighted by Gasteiger charge is 2.18. The molecule has 4 aromatic rings. The second-order valence-corrected chi connectivity index (χ2v) is 10.2. The number of benzene rings is 3. The zero-order valence-electron chi connectivity index (χ0n) is 16.3. The maximum atomic E-state index is 12.9. The Labute approximate surface area is 183 Å². The van der Waals surface area contributed by atoms with E-state index >= 15 is 0 Å². The van der Waals surface area contributed by atoms with Crippen molar-refractivity contribution in [1.82, 2.24) is 4.57 Å². The number of fused-ring (bicyclic) bond motifs is 1. The highest BCUT2D eigenvalue weighted by Crippen LogP contribution is 2.26. The van der Waals surface area contributed by atoms with Crippen LogP contribution in [0.4, 0.5) is 5.69 Å². The van der Waals surface area contributed by atoms with Crippen LogP contribution in [0.2, 0.25) is 5.02 Å². The molecule has 4 rings (SSSR count). The van der Waals surface area contributed by atoms with Gasteiger partial charge in [0.2, 0.25) is 0 Å². The lowest BCUT2D eigenvalue weighted by Crippen LogP contribution is -2.14. The van der Waals surface area contributed by atoms with Gasteiger partial charge in [0.05, 0.1) is 21.7 Å². The summed E-state index contributed by atoms with van der Waals surface area (Å²) < 4.78 is 30.6. The first-order valence-electron chi connectivity index (χ1n) is 9.21. The number of hydrogen-bond acceptors (Lipinski definition) is 4. The number of nitrogens with zero attached hydrogens (tertiary/aromatic N) is 1. The minimum absolute atomic E-state index is 0.111. The summed E-state index contributed by atoms with van der Waals surface area (Å²) in [7, 11) is -3.78. The van der Waals surface area contributed by atoms with E-state index in [-0.39, 0.29) is 9.77 Å². The average Bonchev–Trinajstić information content (AvgIpc) is 2.97. The SMILES string of the molecule is Cc1cc(C)cc(NS(=O)(=O)c2ccc3c(c2)sc(=O)n3Cc2ccccc2Cl)c1. The lowest BCUT2D eigenvalue weighted by molar-refractivity contribution is 0.601. The van der Waals surface area contributed by atoms with Crippen LogP contribution in [0.15, 0.2) is 70.4 Å². The van der Waals surface area contributed by atoms with E-state index in [1.165, 1.54) is 12.1 Å². The molecule has 0 unspecified atom stereocenters. The van der Waals surface area contributed by atoms with Crippen molar-refractivity contribution in [3.05, 3.63) is 92.0 Å². The molecule has 0 bridgehead atoms. The predicted molar refractivity (Wildman–Crippen MR) is 123 cm³/mol. The number of thiazole rings is 1. The van der Waals surface area contributed by atoms with E-state index in [1.807, 2.05) is 38.1 Å². The molecular formula is C22H19ClN2O3S2. The minimum atomic E-state index is -3.78. The Morgan fingerprint density at radius 1 is 1.00 bits per heavy atom. The Morgan fingerprint density at radius 3 is 2.40 bits per heavy atom. The molecule has 0 amide bonds. The van der Waals surface area contributed by atoms with Crippen molar-refractivity contribution in [1.29, 1.82) is 0 Å². The summed E-state index contributed by atoms with van der Waals surface area (Å²) in [5.74, 6) is 0. The van der Waals surface area contributed by atoms with Gasteiger partial charge in [0, 0.05) is 10.7 Å². The van der Waals surface area contributed by atoms with Gasteiger partial charge in [-0.15, -0.1) is 0 Å². The Hall–Kier alpha value is -2.61. The molecular weight excluding hydrogens is 440 g/mol. The summed E-state index contributed by atoms with van der Waals surface area (Å²) in [5, 5.41) is 0.584. The number of aromatic nitrogens is 1. The van der Waals surface area contributed by atoms with Crippen LogP contribution in [-0.4, -0.2) is 13.0 Å². The Balaban J connectivity index is 1.70. The average molecular weight is 459 g/mol. The molecule has 0 radical (unpaired) electrons. The molecule has 0 aliphatic rings. The Kier molecular flexibility index (Phi) is 5.44. The molecule has 0 atom stereocenters. The monoisotopic (exact) mass is 458 g/mol. The van der Waals surface area contributed by atoms with Crippen LogP contribution in [-0.2, 0) is 16.6 Å². The van der Waals surface area contributed by atoms with E-state index in [0.29, 0.717) is 27.5 Å². The number of anilines is 1. The molecule has 0 saturated heterocycles. The molecule has 154 valence electrons. The van der Waals surface area contributed by atoms with Crippen LogP contribution < -0.4 is 9.60 Å². The first kappa shape index (κ1) is 20.7. The van der Waals surface area contributed by atoms with Gasteiger partial charge in [-0.3, -0.25) is 14.1 Å². The standard InChI is InChI=1S/C22H19ClN2O3S2/c1-14-9-15(2)11-17(10-14)24-30(27,28)18-7-8-20-21(12-18)29-22(26)25(20)13-16-5-3-4-6-19(16)23/h3-12,24H,13H2,1-2H3. The summed E-state index contributed by atoms with van der Waals surface area (Å²) in [6, 6.07) is 17.6. The second kappa shape index (κ2) is 7.91. The molecule has 3 aromatic carbocycles. The van der Waals surface area contributed by atoms with Crippen LogP contribution in [0.1, 0.15) is 16.7 Å². The third kappa shape index (κ3) is 4.14. The molecule has 8 heteroatoms. The van der Waals surface area contributed by atoms with Gasteiger partial charge >= 0.3 is 4.87 Å². The van der Waals surface area contributed by atoms with Crippen LogP contribution in [0.3, 0.4) is 0 Å². The predicted octanol–water partition coefficient (Wildman–Crippen LogP) is 5.18. The third-order valence-corrected chi connectivity index (χ3v) is 7.40. The molecule has 5 nitrogen and oxygen atoms in total. The van der Waals surface area contributed by atoms with Gasteiger partial charge in [-0.25, -0.2) is 8.42 Å². The van der Waals surface area contributed by atoms with Crippen molar-refractivity contribution in [2.24, 2.45) is 0 Å². The largest absolute Gasteiger partial charge is 0.308 e. The zero-order valence-corrected chi connectivity index (χ0v) is 18.7. The fourth-order valence-corrected chi connectivity index (χ4v) is 5.67. The fourth-order valence-electron chi connectivity index (χ4n) is 3.41. The first-order chi connectivity index (χ1) is 14.2. The van der Waals surface area contributed by atoms with E-state index in [2.05, 4.69) is 4.72 Å². The van der Waals surface area contributed by atoms with Crippen molar-refractivity contribution < 1.29 is 8.42 Å². The smallest absolute Gasteiger partial charge is 0.294 e. The maximum absolute atomic E-state index is 12.9. The van der Waals surface area contributed by atoms with Crippen molar-refractivity contribution in [2.75, 3.05) is 4.72 Å². The van der Waals surface area contributed by atoms with E-state index in [1.54, 1.807) is 28.8 Å².